The number of hydrogen-bond donors (Lipinski definition) is 2. The van der Waals surface area contributed by atoms with E-state index in [1.54, 1.807) is 12.1 Å². The van der Waals surface area contributed by atoms with Crippen molar-refractivity contribution in [3.8, 4) is 0 Å². The van der Waals surface area contributed by atoms with Gasteiger partial charge in [-0.2, -0.15) is 9.29 Å². The zero-order valence-corrected chi connectivity index (χ0v) is 19.2. The number of anilines is 1. The van der Waals surface area contributed by atoms with Crippen LogP contribution < -0.4 is 10.6 Å². The largest absolute Gasteiger partial charge is 0.353 e. The zero-order chi connectivity index (χ0) is 23.1. The fraction of sp³-hybridized carbons (Fsp3) is 0.524. The van der Waals surface area contributed by atoms with Gasteiger partial charge in [0.25, 0.3) is 0 Å². The van der Waals surface area contributed by atoms with Crippen LogP contribution in [0.25, 0.3) is 0 Å². The van der Waals surface area contributed by atoms with Crippen molar-refractivity contribution in [2.24, 2.45) is 0 Å². The molecule has 0 spiro atoms. The highest BCUT2D eigenvalue weighted by molar-refractivity contribution is 7.89. The number of carbonyl (C=O) groups excluding carboxylic acids is 2. The highest BCUT2D eigenvalue weighted by atomic mass is 32.2. The number of rotatable bonds is 9. The first kappa shape index (κ1) is 23.9. The van der Waals surface area contributed by atoms with Gasteiger partial charge in [0.15, 0.2) is 5.82 Å². The lowest BCUT2D eigenvalue weighted by Crippen LogP contribution is -2.46. The Morgan fingerprint density at radius 2 is 1.84 bits per heavy atom. The Bertz CT molecular complexity index is 1030. The van der Waals surface area contributed by atoms with Crippen molar-refractivity contribution in [3.05, 3.63) is 36.0 Å². The predicted octanol–water partition coefficient (Wildman–Crippen LogP) is 1.88. The molecule has 32 heavy (non-hydrogen) atoms. The Morgan fingerprint density at radius 3 is 2.47 bits per heavy atom. The molecule has 2 heterocycles. The van der Waals surface area contributed by atoms with E-state index in [-0.39, 0.29) is 29.2 Å². The summed E-state index contributed by atoms with van der Waals surface area (Å²) in [7, 11) is -3.63. The molecule has 0 aliphatic carbocycles. The second-order valence-corrected chi connectivity index (χ2v) is 9.74. The molecule has 174 valence electrons. The molecule has 2 aromatic rings. The smallest absolute Gasteiger partial charge is 0.243 e. The molecule has 0 saturated carbocycles. The maximum absolute atomic E-state index is 12.9. The summed E-state index contributed by atoms with van der Waals surface area (Å²) in [6.45, 7) is 4.07. The highest BCUT2D eigenvalue weighted by Gasteiger charge is 2.30. The number of carbonyl (C=O) groups is 2. The average molecular weight is 464 g/mol. The Hall–Kier alpha value is -2.79. The summed E-state index contributed by atoms with van der Waals surface area (Å²) in [5, 5.41) is 9.46. The molecule has 1 saturated heterocycles. The van der Waals surface area contributed by atoms with Gasteiger partial charge in [0.1, 0.15) is 0 Å². The van der Waals surface area contributed by atoms with Gasteiger partial charge in [-0.3, -0.25) is 9.59 Å². The fourth-order valence-electron chi connectivity index (χ4n) is 3.54. The molecular weight excluding hydrogens is 434 g/mol. The lowest BCUT2D eigenvalue weighted by atomic mass is 10.1. The maximum Gasteiger partial charge on any atom is 0.243 e. The number of sulfonamides is 1. The van der Waals surface area contributed by atoms with E-state index in [1.807, 2.05) is 6.92 Å². The number of piperidine rings is 1. The van der Waals surface area contributed by atoms with E-state index in [2.05, 4.69) is 20.8 Å². The minimum absolute atomic E-state index is 0.0746. The van der Waals surface area contributed by atoms with Gasteiger partial charge in [-0.25, -0.2) is 8.42 Å². The van der Waals surface area contributed by atoms with Crippen LogP contribution in [0, 0.1) is 0 Å². The van der Waals surface area contributed by atoms with Gasteiger partial charge >= 0.3 is 0 Å². The maximum atomic E-state index is 12.9. The lowest BCUT2D eigenvalue weighted by Gasteiger charge is -2.31. The van der Waals surface area contributed by atoms with Crippen molar-refractivity contribution >= 4 is 27.5 Å². The number of amides is 2. The molecule has 10 nitrogen and oxygen atoms in total. The standard InChI is InChI=1S/C21H29N5O5S/c1-3-4-19-24-21(31-25-19)10-9-20(28)23-17-11-13-26(14-12-17)32(29,30)18-7-5-16(6-8-18)22-15(2)27/h5-8,17H,3-4,9-14H2,1-2H3,(H,22,27)(H,23,28). The molecule has 1 aliphatic rings. The minimum atomic E-state index is -3.63. The molecule has 1 aliphatic heterocycles. The van der Waals surface area contributed by atoms with Gasteiger partial charge in [-0.15, -0.1) is 0 Å². The van der Waals surface area contributed by atoms with Gasteiger partial charge in [0.05, 0.1) is 4.90 Å². The van der Waals surface area contributed by atoms with Crippen LogP contribution >= 0.6 is 0 Å². The Balaban J connectivity index is 1.46. The van der Waals surface area contributed by atoms with Crippen molar-refractivity contribution in [3.63, 3.8) is 0 Å². The molecule has 1 fully saturated rings. The summed E-state index contributed by atoms with van der Waals surface area (Å²) in [5.74, 6) is 0.772. The van der Waals surface area contributed by atoms with Crippen LogP contribution in [-0.2, 0) is 32.5 Å². The quantitative estimate of drug-likeness (QED) is 0.580. The normalized spacial score (nSPS) is 15.4. The van der Waals surface area contributed by atoms with Crippen molar-refractivity contribution in [2.75, 3.05) is 18.4 Å². The molecule has 1 aromatic heterocycles. The van der Waals surface area contributed by atoms with E-state index < -0.39 is 10.0 Å². The molecular formula is C21H29N5O5S. The van der Waals surface area contributed by atoms with E-state index in [0.717, 1.165) is 12.8 Å². The van der Waals surface area contributed by atoms with E-state index >= 15 is 0 Å². The second kappa shape index (κ2) is 10.7. The summed E-state index contributed by atoms with van der Waals surface area (Å²) in [6, 6.07) is 6.02. The van der Waals surface area contributed by atoms with E-state index in [1.165, 1.54) is 23.4 Å². The van der Waals surface area contributed by atoms with Crippen molar-refractivity contribution in [1.82, 2.24) is 19.8 Å². The molecule has 3 rings (SSSR count). The lowest BCUT2D eigenvalue weighted by molar-refractivity contribution is -0.122. The van der Waals surface area contributed by atoms with Crippen LogP contribution in [0.15, 0.2) is 33.7 Å². The monoisotopic (exact) mass is 463 g/mol. The van der Waals surface area contributed by atoms with Crippen molar-refractivity contribution in [2.45, 2.75) is 63.3 Å². The Kier molecular flexibility index (Phi) is 7.97. The van der Waals surface area contributed by atoms with Gasteiger partial charge < -0.3 is 15.2 Å². The third kappa shape index (κ3) is 6.36. The molecule has 0 unspecified atom stereocenters. The summed E-state index contributed by atoms with van der Waals surface area (Å²) < 4.78 is 32.3. The number of nitrogens with one attached hydrogen (secondary N) is 2. The van der Waals surface area contributed by atoms with Crippen molar-refractivity contribution < 1.29 is 22.5 Å². The number of aromatic nitrogens is 2. The third-order valence-corrected chi connectivity index (χ3v) is 7.09. The molecule has 0 bridgehead atoms. The number of hydrogen-bond acceptors (Lipinski definition) is 7. The number of aryl methyl sites for hydroxylation is 2. The summed E-state index contributed by atoms with van der Waals surface area (Å²) >= 11 is 0. The summed E-state index contributed by atoms with van der Waals surface area (Å²) in [5.41, 5.74) is 0.542. The zero-order valence-electron chi connectivity index (χ0n) is 18.3. The molecule has 2 N–H and O–H groups in total. The fourth-order valence-corrected chi connectivity index (χ4v) is 5.01. The van der Waals surface area contributed by atoms with E-state index in [4.69, 9.17) is 4.52 Å². The second-order valence-electron chi connectivity index (χ2n) is 7.81. The first-order chi connectivity index (χ1) is 15.3. The number of nitrogens with zero attached hydrogens (tertiary/aromatic N) is 3. The Morgan fingerprint density at radius 1 is 1.16 bits per heavy atom. The molecule has 0 atom stereocenters. The molecule has 2 amide bonds. The van der Waals surface area contributed by atoms with Crippen LogP contribution in [0.3, 0.4) is 0 Å². The SMILES string of the molecule is CCCc1noc(CCC(=O)NC2CCN(S(=O)(=O)c3ccc(NC(C)=O)cc3)CC2)n1. The van der Waals surface area contributed by atoms with Crippen LogP contribution in [-0.4, -0.2) is 53.8 Å². The van der Waals surface area contributed by atoms with Crippen molar-refractivity contribution in [1.29, 1.82) is 0 Å². The van der Waals surface area contributed by atoms with Crippen LogP contribution in [0.1, 0.15) is 51.2 Å². The summed E-state index contributed by atoms with van der Waals surface area (Å²) in [6.07, 6.45) is 3.37. The van der Waals surface area contributed by atoms with Gasteiger partial charge in [-0.05, 0) is 43.5 Å². The van der Waals surface area contributed by atoms with Gasteiger partial charge in [0, 0.05) is 51.0 Å². The predicted molar refractivity (Wildman–Crippen MR) is 117 cm³/mol. The summed E-state index contributed by atoms with van der Waals surface area (Å²) in [4.78, 5) is 27.8. The van der Waals surface area contributed by atoms with Gasteiger partial charge in [0.2, 0.25) is 27.7 Å². The average Bonchev–Trinajstić information content (AvgIpc) is 3.20. The third-order valence-electron chi connectivity index (χ3n) is 5.18. The topological polar surface area (TPSA) is 134 Å². The van der Waals surface area contributed by atoms with E-state index in [0.29, 0.717) is 49.8 Å². The minimum Gasteiger partial charge on any atom is -0.353 e. The van der Waals surface area contributed by atoms with Crippen LogP contribution in [0.2, 0.25) is 0 Å². The van der Waals surface area contributed by atoms with E-state index in [9.17, 15) is 18.0 Å². The Labute approximate surface area is 187 Å². The van der Waals surface area contributed by atoms with Crippen LogP contribution in [0.4, 0.5) is 5.69 Å². The van der Waals surface area contributed by atoms with Gasteiger partial charge in [-0.1, -0.05) is 12.1 Å². The highest BCUT2D eigenvalue weighted by Crippen LogP contribution is 2.22. The van der Waals surface area contributed by atoms with Crippen LogP contribution in [0.5, 0.6) is 0 Å². The first-order valence-corrected chi connectivity index (χ1v) is 12.2. The molecule has 1 aromatic carbocycles. The molecule has 0 radical (unpaired) electrons. The number of benzene rings is 1. The molecule has 11 heteroatoms. The first-order valence-electron chi connectivity index (χ1n) is 10.8.